The monoisotopic (exact) mass is 357 g/mol. The van der Waals surface area contributed by atoms with E-state index in [4.69, 9.17) is 0 Å². The summed E-state index contributed by atoms with van der Waals surface area (Å²) < 4.78 is 40.4. The minimum absolute atomic E-state index is 0.191. The van der Waals surface area contributed by atoms with Crippen molar-refractivity contribution < 1.29 is 17.9 Å². The average Bonchev–Trinajstić information content (AvgIpc) is 2.92. The molecule has 1 aliphatic rings. The smallest absolute Gasteiger partial charge is 0.406 e. The number of aryl methyl sites for hydroxylation is 1. The summed E-state index contributed by atoms with van der Waals surface area (Å²) in [4.78, 5) is 8.98. The molecular formula is C16H18F3N3OS. The summed E-state index contributed by atoms with van der Waals surface area (Å²) in [7, 11) is 0. The second-order valence-corrected chi connectivity index (χ2v) is 6.72. The highest BCUT2D eigenvalue weighted by atomic mass is 32.1. The lowest BCUT2D eigenvalue weighted by Gasteiger charge is -2.35. The first-order valence-electron chi connectivity index (χ1n) is 7.63. The van der Waals surface area contributed by atoms with Crippen molar-refractivity contribution in [3.05, 3.63) is 40.3 Å². The zero-order chi connectivity index (χ0) is 17.2. The highest BCUT2D eigenvalue weighted by molar-refractivity contribution is 7.09. The molecule has 3 rings (SSSR count). The average molecular weight is 357 g/mol. The van der Waals surface area contributed by atoms with Gasteiger partial charge in [0.1, 0.15) is 5.75 Å². The van der Waals surface area contributed by atoms with Crippen molar-refractivity contribution in [2.24, 2.45) is 0 Å². The molecule has 0 aliphatic carbocycles. The van der Waals surface area contributed by atoms with E-state index in [1.807, 2.05) is 6.92 Å². The van der Waals surface area contributed by atoms with Crippen molar-refractivity contribution in [2.45, 2.75) is 19.8 Å². The van der Waals surface area contributed by atoms with Crippen LogP contribution in [0.15, 0.2) is 29.6 Å². The molecule has 24 heavy (non-hydrogen) atoms. The minimum atomic E-state index is -4.65. The van der Waals surface area contributed by atoms with E-state index >= 15 is 0 Å². The molecule has 1 saturated heterocycles. The van der Waals surface area contributed by atoms with Gasteiger partial charge in [-0.15, -0.1) is 24.5 Å². The highest BCUT2D eigenvalue weighted by Crippen LogP contribution is 2.26. The number of nitrogens with zero attached hydrogens (tertiary/aromatic N) is 3. The van der Waals surface area contributed by atoms with Gasteiger partial charge < -0.3 is 9.64 Å². The maximum Gasteiger partial charge on any atom is 0.573 e. The third kappa shape index (κ3) is 4.61. The number of ether oxygens (including phenoxy) is 1. The summed E-state index contributed by atoms with van der Waals surface area (Å²) in [6.07, 6.45) is -4.65. The molecule has 0 spiro atoms. The summed E-state index contributed by atoms with van der Waals surface area (Å²) in [5.74, 6) is -0.191. The van der Waals surface area contributed by atoms with Crippen molar-refractivity contribution >= 4 is 17.0 Å². The van der Waals surface area contributed by atoms with E-state index in [2.05, 4.69) is 24.9 Å². The molecule has 2 aromatic rings. The second-order valence-electron chi connectivity index (χ2n) is 5.66. The SMILES string of the molecule is Cc1nc(CN2CCN(c3ccc(OC(F)(F)F)cc3)CC2)cs1. The molecule has 1 aromatic carbocycles. The van der Waals surface area contributed by atoms with E-state index in [0.717, 1.165) is 49.1 Å². The quantitative estimate of drug-likeness (QED) is 0.835. The number of hydrogen-bond donors (Lipinski definition) is 0. The lowest BCUT2D eigenvalue weighted by Crippen LogP contribution is -2.46. The van der Waals surface area contributed by atoms with Crippen LogP contribution in [0.2, 0.25) is 0 Å². The minimum Gasteiger partial charge on any atom is -0.406 e. The third-order valence-electron chi connectivity index (χ3n) is 3.86. The van der Waals surface area contributed by atoms with E-state index in [1.54, 1.807) is 23.5 Å². The fourth-order valence-corrected chi connectivity index (χ4v) is 3.34. The molecule has 0 radical (unpaired) electrons. The van der Waals surface area contributed by atoms with Crippen molar-refractivity contribution in [2.75, 3.05) is 31.1 Å². The predicted octanol–water partition coefficient (Wildman–Crippen LogP) is 3.67. The van der Waals surface area contributed by atoms with Gasteiger partial charge in [0.05, 0.1) is 10.7 Å². The van der Waals surface area contributed by atoms with Gasteiger partial charge in [-0.25, -0.2) is 4.98 Å². The summed E-state index contributed by atoms with van der Waals surface area (Å²) in [6, 6.07) is 6.04. The number of piperazine rings is 1. The highest BCUT2D eigenvalue weighted by Gasteiger charge is 2.31. The fourth-order valence-electron chi connectivity index (χ4n) is 2.73. The Balaban J connectivity index is 1.52. The van der Waals surface area contributed by atoms with Crippen molar-refractivity contribution in [1.29, 1.82) is 0 Å². The Morgan fingerprint density at radius 1 is 1.12 bits per heavy atom. The molecule has 0 saturated carbocycles. The standard InChI is InChI=1S/C16H18F3N3OS/c1-12-20-13(11-24-12)10-21-6-8-22(9-7-21)14-2-4-15(5-3-14)23-16(17,18)19/h2-5,11H,6-10H2,1H3. The molecule has 0 atom stereocenters. The van der Waals surface area contributed by atoms with Crippen LogP contribution in [0.3, 0.4) is 0 Å². The van der Waals surface area contributed by atoms with Crippen LogP contribution in [-0.4, -0.2) is 42.4 Å². The van der Waals surface area contributed by atoms with Crippen LogP contribution < -0.4 is 9.64 Å². The second kappa shape index (κ2) is 6.98. The lowest BCUT2D eigenvalue weighted by molar-refractivity contribution is -0.274. The maximum absolute atomic E-state index is 12.2. The van der Waals surface area contributed by atoms with Gasteiger partial charge in [0.15, 0.2) is 0 Å². The summed E-state index contributed by atoms with van der Waals surface area (Å²) in [5, 5.41) is 3.16. The lowest BCUT2D eigenvalue weighted by atomic mass is 10.2. The summed E-state index contributed by atoms with van der Waals surface area (Å²) in [6.45, 7) is 6.31. The van der Waals surface area contributed by atoms with E-state index in [1.165, 1.54) is 12.1 Å². The molecule has 8 heteroatoms. The number of anilines is 1. The van der Waals surface area contributed by atoms with Gasteiger partial charge in [0.2, 0.25) is 0 Å². The third-order valence-corrected chi connectivity index (χ3v) is 4.68. The molecule has 1 fully saturated rings. The normalized spacial score (nSPS) is 16.4. The number of thiazole rings is 1. The number of aromatic nitrogens is 1. The Hall–Kier alpha value is -1.80. The maximum atomic E-state index is 12.2. The molecule has 4 nitrogen and oxygen atoms in total. The molecule has 2 heterocycles. The number of hydrogen-bond acceptors (Lipinski definition) is 5. The molecule has 130 valence electrons. The number of benzene rings is 1. The molecular weight excluding hydrogens is 339 g/mol. The largest absolute Gasteiger partial charge is 0.573 e. The topological polar surface area (TPSA) is 28.6 Å². The summed E-state index contributed by atoms with van der Waals surface area (Å²) >= 11 is 1.66. The molecule has 1 aromatic heterocycles. The molecule has 0 N–H and O–H groups in total. The fraction of sp³-hybridized carbons (Fsp3) is 0.438. The molecule has 0 bridgehead atoms. The van der Waals surface area contributed by atoms with E-state index in [-0.39, 0.29) is 5.75 Å². The van der Waals surface area contributed by atoms with Crippen molar-refractivity contribution in [1.82, 2.24) is 9.88 Å². The van der Waals surface area contributed by atoms with Gasteiger partial charge in [-0.1, -0.05) is 0 Å². The van der Waals surface area contributed by atoms with E-state index in [0.29, 0.717) is 0 Å². The first kappa shape index (κ1) is 17.0. The molecule has 1 aliphatic heterocycles. The van der Waals surface area contributed by atoms with Crippen molar-refractivity contribution in [3.8, 4) is 5.75 Å². The first-order valence-corrected chi connectivity index (χ1v) is 8.51. The van der Waals surface area contributed by atoms with Crippen LogP contribution in [0.25, 0.3) is 0 Å². The molecule has 0 amide bonds. The van der Waals surface area contributed by atoms with E-state index in [9.17, 15) is 13.2 Å². The van der Waals surface area contributed by atoms with Gasteiger partial charge in [-0.3, -0.25) is 4.90 Å². The van der Waals surface area contributed by atoms with Crippen LogP contribution >= 0.6 is 11.3 Å². The summed E-state index contributed by atoms with van der Waals surface area (Å²) in [5.41, 5.74) is 2.01. The zero-order valence-corrected chi connectivity index (χ0v) is 14.0. The van der Waals surface area contributed by atoms with Crippen LogP contribution in [0.1, 0.15) is 10.7 Å². The first-order chi connectivity index (χ1) is 11.4. The Morgan fingerprint density at radius 3 is 2.33 bits per heavy atom. The van der Waals surface area contributed by atoms with Gasteiger partial charge >= 0.3 is 6.36 Å². The van der Waals surface area contributed by atoms with Crippen LogP contribution in [0.4, 0.5) is 18.9 Å². The van der Waals surface area contributed by atoms with Crippen LogP contribution in [0, 0.1) is 6.92 Å². The Bertz CT molecular complexity index is 664. The van der Waals surface area contributed by atoms with E-state index < -0.39 is 6.36 Å². The number of rotatable bonds is 4. The Kier molecular flexibility index (Phi) is 4.96. The number of alkyl halides is 3. The van der Waals surface area contributed by atoms with Gasteiger partial charge in [0, 0.05) is 43.8 Å². The van der Waals surface area contributed by atoms with Crippen molar-refractivity contribution in [3.63, 3.8) is 0 Å². The van der Waals surface area contributed by atoms with Gasteiger partial charge in [-0.2, -0.15) is 0 Å². The molecule has 0 unspecified atom stereocenters. The van der Waals surface area contributed by atoms with Gasteiger partial charge in [-0.05, 0) is 31.2 Å². The van der Waals surface area contributed by atoms with Gasteiger partial charge in [0.25, 0.3) is 0 Å². The Morgan fingerprint density at radius 2 is 1.79 bits per heavy atom. The number of halogens is 3. The van der Waals surface area contributed by atoms with Crippen LogP contribution in [0.5, 0.6) is 5.75 Å². The zero-order valence-electron chi connectivity index (χ0n) is 13.2. The van der Waals surface area contributed by atoms with Crippen LogP contribution in [-0.2, 0) is 6.54 Å². The Labute approximate surface area is 142 Å². The predicted molar refractivity (Wildman–Crippen MR) is 87.5 cm³/mol.